The van der Waals surface area contributed by atoms with E-state index in [4.69, 9.17) is 4.74 Å². The Bertz CT molecular complexity index is 397. The predicted molar refractivity (Wildman–Crippen MR) is 74.2 cm³/mol. The molecule has 2 fully saturated rings. The van der Waals surface area contributed by atoms with E-state index in [1.54, 1.807) is 7.11 Å². The third-order valence-corrected chi connectivity index (χ3v) is 4.90. The first kappa shape index (κ1) is 15.3. The fourth-order valence-corrected chi connectivity index (χ4v) is 3.63. The van der Waals surface area contributed by atoms with Gasteiger partial charge in [0.2, 0.25) is 5.91 Å². The van der Waals surface area contributed by atoms with Gasteiger partial charge in [-0.05, 0) is 38.5 Å². The van der Waals surface area contributed by atoms with E-state index in [9.17, 15) is 14.7 Å². The van der Waals surface area contributed by atoms with Crippen LogP contribution in [-0.4, -0.2) is 47.7 Å². The molecule has 0 aromatic heterocycles. The molecule has 2 rings (SSSR count). The number of carboxylic acid groups (broad SMARTS) is 1. The molecule has 2 aliphatic rings. The van der Waals surface area contributed by atoms with Gasteiger partial charge in [0.25, 0.3) is 0 Å². The molecular weight excluding hydrogens is 258 g/mol. The molecule has 5 heteroatoms. The van der Waals surface area contributed by atoms with Gasteiger partial charge in [0.05, 0.1) is 17.4 Å². The first-order valence-corrected chi connectivity index (χ1v) is 7.43. The SMILES string of the molecule is COC1(C)CCCN(C(=O)[C@H]2CC(C)C[C@H]2C(=O)O)C1. The Morgan fingerprint density at radius 3 is 2.55 bits per heavy atom. The van der Waals surface area contributed by atoms with Crippen molar-refractivity contribution in [2.24, 2.45) is 17.8 Å². The molecule has 20 heavy (non-hydrogen) atoms. The highest BCUT2D eigenvalue weighted by Crippen LogP contribution is 2.38. The van der Waals surface area contributed by atoms with Gasteiger partial charge in [-0.2, -0.15) is 0 Å². The number of piperidine rings is 1. The van der Waals surface area contributed by atoms with E-state index < -0.39 is 11.9 Å². The topological polar surface area (TPSA) is 66.8 Å². The lowest BCUT2D eigenvalue weighted by Gasteiger charge is -2.40. The van der Waals surface area contributed by atoms with Gasteiger partial charge in [-0.1, -0.05) is 6.92 Å². The minimum atomic E-state index is -0.834. The largest absolute Gasteiger partial charge is 0.481 e. The van der Waals surface area contributed by atoms with Crippen LogP contribution in [0.5, 0.6) is 0 Å². The third-order valence-electron chi connectivity index (χ3n) is 4.90. The molecule has 0 spiro atoms. The molecular formula is C15H25NO4. The van der Waals surface area contributed by atoms with Gasteiger partial charge in [-0.15, -0.1) is 0 Å². The summed E-state index contributed by atoms with van der Waals surface area (Å²) >= 11 is 0. The molecule has 0 bridgehead atoms. The van der Waals surface area contributed by atoms with E-state index in [0.717, 1.165) is 19.4 Å². The van der Waals surface area contributed by atoms with E-state index in [0.29, 0.717) is 25.3 Å². The summed E-state index contributed by atoms with van der Waals surface area (Å²) in [7, 11) is 1.67. The number of amides is 1. The second-order valence-electron chi connectivity index (χ2n) is 6.65. The number of aliphatic carboxylic acids is 1. The lowest BCUT2D eigenvalue weighted by atomic mass is 9.90. The Morgan fingerprint density at radius 1 is 1.30 bits per heavy atom. The lowest BCUT2D eigenvalue weighted by molar-refractivity contribution is -0.152. The van der Waals surface area contributed by atoms with Crippen molar-refractivity contribution in [3.63, 3.8) is 0 Å². The molecule has 1 saturated heterocycles. The van der Waals surface area contributed by atoms with Gasteiger partial charge < -0.3 is 14.7 Å². The molecule has 1 saturated carbocycles. The van der Waals surface area contributed by atoms with Crippen LogP contribution in [-0.2, 0) is 14.3 Å². The zero-order valence-electron chi connectivity index (χ0n) is 12.6. The number of methoxy groups -OCH3 is 1. The van der Waals surface area contributed by atoms with Gasteiger partial charge in [0.1, 0.15) is 0 Å². The van der Waals surface area contributed by atoms with Crippen LogP contribution < -0.4 is 0 Å². The number of ether oxygens (including phenoxy) is 1. The number of nitrogens with zero attached hydrogens (tertiary/aromatic N) is 1. The quantitative estimate of drug-likeness (QED) is 0.857. The molecule has 0 aromatic carbocycles. The zero-order chi connectivity index (χ0) is 14.9. The van der Waals surface area contributed by atoms with Crippen molar-refractivity contribution in [3.05, 3.63) is 0 Å². The van der Waals surface area contributed by atoms with Crippen LogP contribution in [0.25, 0.3) is 0 Å². The number of hydrogen-bond donors (Lipinski definition) is 1. The average Bonchev–Trinajstić information content (AvgIpc) is 2.80. The Morgan fingerprint density at radius 2 is 1.95 bits per heavy atom. The van der Waals surface area contributed by atoms with Crippen LogP contribution in [0.4, 0.5) is 0 Å². The lowest BCUT2D eigenvalue weighted by Crippen LogP contribution is -2.51. The summed E-state index contributed by atoms with van der Waals surface area (Å²) in [6, 6.07) is 0. The number of carbonyl (C=O) groups is 2. The molecule has 114 valence electrons. The maximum atomic E-state index is 12.7. The molecule has 1 aliphatic carbocycles. The first-order chi connectivity index (χ1) is 9.36. The second-order valence-corrected chi connectivity index (χ2v) is 6.65. The Kier molecular flexibility index (Phi) is 4.37. The summed E-state index contributed by atoms with van der Waals surface area (Å²) in [6.45, 7) is 5.33. The fourth-order valence-electron chi connectivity index (χ4n) is 3.63. The van der Waals surface area contributed by atoms with Crippen LogP contribution in [0.2, 0.25) is 0 Å². The molecule has 1 N–H and O–H groups in total. The molecule has 1 aliphatic heterocycles. The normalized spacial score (nSPS) is 38.0. The fraction of sp³-hybridized carbons (Fsp3) is 0.867. The number of likely N-dealkylation sites (tertiary alicyclic amines) is 1. The number of carbonyl (C=O) groups excluding carboxylic acids is 1. The van der Waals surface area contributed by atoms with Crippen LogP contribution in [0.15, 0.2) is 0 Å². The van der Waals surface area contributed by atoms with Crippen molar-refractivity contribution >= 4 is 11.9 Å². The third kappa shape index (κ3) is 2.97. The summed E-state index contributed by atoms with van der Waals surface area (Å²) < 4.78 is 5.51. The molecule has 1 heterocycles. The minimum Gasteiger partial charge on any atom is -0.481 e. The maximum Gasteiger partial charge on any atom is 0.307 e. The second kappa shape index (κ2) is 5.72. The van der Waals surface area contributed by atoms with Crippen molar-refractivity contribution in [1.82, 2.24) is 4.90 Å². The maximum absolute atomic E-state index is 12.7. The number of hydrogen-bond acceptors (Lipinski definition) is 3. The summed E-state index contributed by atoms with van der Waals surface area (Å²) in [6.07, 6.45) is 3.16. The monoisotopic (exact) mass is 283 g/mol. The van der Waals surface area contributed by atoms with Crippen molar-refractivity contribution < 1.29 is 19.4 Å². The van der Waals surface area contributed by atoms with Crippen molar-refractivity contribution in [2.75, 3.05) is 20.2 Å². The van der Waals surface area contributed by atoms with E-state index in [-0.39, 0.29) is 17.4 Å². The Hall–Kier alpha value is -1.10. The van der Waals surface area contributed by atoms with Gasteiger partial charge in [-0.25, -0.2) is 0 Å². The first-order valence-electron chi connectivity index (χ1n) is 7.43. The molecule has 5 nitrogen and oxygen atoms in total. The molecule has 0 aromatic rings. The van der Waals surface area contributed by atoms with Crippen molar-refractivity contribution in [2.45, 2.75) is 45.1 Å². The van der Waals surface area contributed by atoms with Crippen LogP contribution in [0.3, 0.4) is 0 Å². The number of carboxylic acids is 1. The zero-order valence-corrected chi connectivity index (χ0v) is 12.6. The smallest absolute Gasteiger partial charge is 0.307 e. The Balaban J connectivity index is 2.08. The van der Waals surface area contributed by atoms with E-state index in [1.807, 2.05) is 18.7 Å². The molecule has 4 atom stereocenters. The minimum absolute atomic E-state index is 0.00438. The van der Waals surface area contributed by atoms with E-state index >= 15 is 0 Å². The molecule has 2 unspecified atom stereocenters. The predicted octanol–water partition coefficient (Wildman–Crippen LogP) is 1.76. The van der Waals surface area contributed by atoms with E-state index in [2.05, 4.69) is 0 Å². The molecule has 1 amide bonds. The van der Waals surface area contributed by atoms with Crippen molar-refractivity contribution in [1.29, 1.82) is 0 Å². The van der Waals surface area contributed by atoms with Crippen molar-refractivity contribution in [3.8, 4) is 0 Å². The van der Waals surface area contributed by atoms with Gasteiger partial charge >= 0.3 is 5.97 Å². The summed E-state index contributed by atoms with van der Waals surface area (Å²) in [4.78, 5) is 25.8. The van der Waals surface area contributed by atoms with E-state index in [1.165, 1.54) is 0 Å². The summed E-state index contributed by atoms with van der Waals surface area (Å²) in [5.74, 6) is -1.40. The van der Waals surface area contributed by atoms with Gasteiger partial charge in [0.15, 0.2) is 0 Å². The van der Waals surface area contributed by atoms with Crippen LogP contribution in [0, 0.1) is 17.8 Å². The average molecular weight is 283 g/mol. The molecule has 0 radical (unpaired) electrons. The highest BCUT2D eigenvalue weighted by atomic mass is 16.5. The highest BCUT2D eigenvalue weighted by molar-refractivity contribution is 5.85. The van der Waals surface area contributed by atoms with Crippen LogP contribution in [0.1, 0.15) is 39.5 Å². The van der Waals surface area contributed by atoms with Gasteiger partial charge in [-0.3, -0.25) is 9.59 Å². The standard InChI is InChI=1S/C15H25NO4/c1-10-7-11(12(8-10)14(18)19)13(17)16-6-4-5-15(2,9-16)20-3/h10-12H,4-9H2,1-3H3,(H,18,19)/t10?,11-,12+,15?/m0/s1. The van der Waals surface area contributed by atoms with Crippen LogP contribution >= 0.6 is 0 Å². The summed E-state index contributed by atoms with van der Waals surface area (Å²) in [5.41, 5.74) is -0.295. The highest BCUT2D eigenvalue weighted by Gasteiger charge is 2.44. The number of rotatable bonds is 3. The summed E-state index contributed by atoms with van der Waals surface area (Å²) in [5, 5.41) is 9.30. The van der Waals surface area contributed by atoms with Gasteiger partial charge in [0, 0.05) is 20.2 Å². The Labute approximate surface area is 120 Å².